The van der Waals surface area contributed by atoms with Crippen LogP contribution in [0.4, 0.5) is 9.93 Å². The van der Waals surface area contributed by atoms with Crippen molar-refractivity contribution in [2.24, 2.45) is 0 Å². The van der Waals surface area contributed by atoms with Gasteiger partial charge in [-0.3, -0.25) is 5.32 Å². The number of aromatic nitrogens is 2. The number of carbonyl (C=O) groups excluding carboxylic acids is 1. The van der Waals surface area contributed by atoms with Crippen molar-refractivity contribution in [3.05, 3.63) is 39.9 Å². The van der Waals surface area contributed by atoms with Crippen molar-refractivity contribution in [2.45, 2.75) is 46.1 Å². The lowest BCUT2D eigenvalue weighted by Crippen LogP contribution is -2.41. The number of nitrogens with zero attached hydrogens (tertiary/aromatic N) is 3. The summed E-state index contributed by atoms with van der Waals surface area (Å²) >= 11 is 1.40. The highest BCUT2D eigenvalue weighted by Crippen LogP contribution is 2.34. The van der Waals surface area contributed by atoms with Crippen molar-refractivity contribution in [1.82, 2.24) is 15.1 Å². The van der Waals surface area contributed by atoms with Gasteiger partial charge in [-0.05, 0) is 56.7 Å². The number of aryl methyl sites for hydroxylation is 2. The first kappa shape index (κ1) is 15.9. The third-order valence-corrected chi connectivity index (χ3v) is 5.26. The molecule has 122 valence electrons. The number of amides is 2. The summed E-state index contributed by atoms with van der Waals surface area (Å²) in [5, 5.41) is 12.3. The van der Waals surface area contributed by atoms with Gasteiger partial charge in [-0.1, -0.05) is 29.5 Å². The van der Waals surface area contributed by atoms with Gasteiger partial charge in [0.1, 0.15) is 5.01 Å². The van der Waals surface area contributed by atoms with Gasteiger partial charge in [0, 0.05) is 6.54 Å². The lowest BCUT2D eigenvalue weighted by Gasteiger charge is -2.36. The molecule has 2 amide bonds. The zero-order valence-electron chi connectivity index (χ0n) is 13.8. The summed E-state index contributed by atoms with van der Waals surface area (Å²) in [7, 11) is 0. The maximum atomic E-state index is 12.7. The highest BCUT2D eigenvalue weighted by molar-refractivity contribution is 7.15. The summed E-state index contributed by atoms with van der Waals surface area (Å²) in [4.78, 5) is 14.7. The Hall–Kier alpha value is -1.95. The molecule has 0 radical (unpaired) electrons. The van der Waals surface area contributed by atoms with E-state index in [1.54, 1.807) is 0 Å². The lowest BCUT2D eigenvalue weighted by molar-refractivity contribution is 0.163. The Morgan fingerprint density at radius 3 is 2.83 bits per heavy atom. The summed E-state index contributed by atoms with van der Waals surface area (Å²) in [6, 6.07) is 6.41. The predicted octanol–water partition coefficient (Wildman–Crippen LogP) is 4.22. The Labute approximate surface area is 140 Å². The monoisotopic (exact) mass is 330 g/mol. The van der Waals surface area contributed by atoms with Crippen LogP contribution in [-0.4, -0.2) is 27.7 Å². The molecule has 23 heavy (non-hydrogen) atoms. The summed E-state index contributed by atoms with van der Waals surface area (Å²) in [5.74, 6) is 0. The van der Waals surface area contributed by atoms with Crippen LogP contribution in [0.3, 0.4) is 0 Å². The molecular formula is C17H22N4OS. The van der Waals surface area contributed by atoms with Gasteiger partial charge < -0.3 is 4.90 Å². The van der Waals surface area contributed by atoms with Crippen molar-refractivity contribution >= 4 is 22.5 Å². The van der Waals surface area contributed by atoms with Crippen LogP contribution in [-0.2, 0) is 0 Å². The molecule has 1 atom stereocenters. The number of anilines is 1. The number of carbonyl (C=O) groups is 1. The van der Waals surface area contributed by atoms with Crippen LogP contribution >= 0.6 is 11.3 Å². The van der Waals surface area contributed by atoms with Crippen LogP contribution in [0.1, 0.15) is 47.0 Å². The van der Waals surface area contributed by atoms with Crippen molar-refractivity contribution in [1.29, 1.82) is 0 Å². The highest BCUT2D eigenvalue weighted by atomic mass is 32.1. The predicted molar refractivity (Wildman–Crippen MR) is 92.9 cm³/mol. The molecule has 0 saturated carbocycles. The number of hydrogen-bond donors (Lipinski definition) is 1. The van der Waals surface area contributed by atoms with E-state index in [1.165, 1.54) is 28.0 Å². The minimum Gasteiger partial charge on any atom is -0.317 e. The summed E-state index contributed by atoms with van der Waals surface area (Å²) in [5.41, 5.74) is 3.81. The molecule has 1 saturated heterocycles. The van der Waals surface area contributed by atoms with E-state index >= 15 is 0 Å². The van der Waals surface area contributed by atoms with Crippen LogP contribution in [0.5, 0.6) is 0 Å². The van der Waals surface area contributed by atoms with Crippen molar-refractivity contribution < 1.29 is 4.79 Å². The summed E-state index contributed by atoms with van der Waals surface area (Å²) < 4.78 is 0. The Morgan fingerprint density at radius 2 is 2.09 bits per heavy atom. The maximum Gasteiger partial charge on any atom is 0.324 e. The number of rotatable bonds is 2. The first-order valence-electron chi connectivity index (χ1n) is 8.00. The second kappa shape index (κ2) is 6.66. The fourth-order valence-electron chi connectivity index (χ4n) is 3.14. The Balaban J connectivity index is 1.83. The molecule has 0 spiro atoms. The van der Waals surface area contributed by atoms with Gasteiger partial charge in [-0.2, -0.15) is 0 Å². The zero-order valence-corrected chi connectivity index (χ0v) is 14.6. The largest absolute Gasteiger partial charge is 0.324 e. The van der Waals surface area contributed by atoms with Crippen LogP contribution in [0.15, 0.2) is 18.2 Å². The van der Waals surface area contributed by atoms with Gasteiger partial charge >= 0.3 is 6.03 Å². The quantitative estimate of drug-likeness (QED) is 0.897. The maximum absolute atomic E-state index is 12.7. The molecule has 1 fully saturated rings. The molecule has 1 aromatic carbocycles. The minimum absolute atomic E-state index is 0.0771. The van der Waals surface area contributed by atoms with E-state index in [9.17, 15) is 4.79 Å². The van der Waals surface area contributed by atoms with Crippen molar-refractivity contribution in [2.75, 3.05) is 11.9 Å². The van der Waals surface area contributed by atoms with Gasteiger partial charge in [0.05, 0.1) is 6.04 Å². The van der Waals surface area contributed by atoms with E-state index in [1.807, 2.05) is 11.8 Å². The Kier molecular flexibility index (Phi) is 4.61. The average molecular weight is 330 g/mol. The molecule has 1 unspecified atom stereocenters. The van der Waals surface area contributed by atoms with Crippen LogP contribution in [0.2, 0.25) is 0 Å². The van der Waals surface area contributed by atoms with Crippen LogP contribution in [0.25, 0.3) is 0 Å². The van der Waals surface area contributed by atoms with Crippen LogP contribution < -0.4 is 5.32 Å². The number of benzene rings is 1. The number of nitrogens with one attached hydrogen (secondary N) is 1. The molecular weight excluding hydrogens is 308 g/mol. The normalized spacial score (nSPS) is 18.0. The fraction of sp³-hybridized carbons (Fsp3) is 0.471. The Bertz CT molecular complexity index is 712. The van der Waals surface area contributed by atoms with Crippen molar-refractivity contribution in [3.63, 3.8) is 0 Å². The Morgan fingerprint density at radius 1 is 1.26 bits per heavy atom. The molecule has 1 aromatic heterocycles. The molecule has 0 aliphatic carbocycles. The van der Waals surface area contributed by atoms with Crippen LogP contribution in [0, 0.1) is 20.8 Å². The zero-order chi connectivity index (χ0) is 16.4. The SMILES string of the molecule is Cc1nnc(NC(=O)N2CCCCC2c2cccc(C)c2C)s1. The van der Waals surface area contributed by atoms with Gasteiger partial charge in [-0.25, -0.2) is 4.79 Å². The van der Waals surface area contributed by atoms with Gasteiger partial charge in [0.15, 0.2) is 0 Å². The molecule has 2 aromatic rings. The fourth-order valence-corrected chi connectivity index (χ4v) is 3.72. The molecule has 6 heteroatoms. The molecule has 2 heterocycles. The summed E-state index contributed by atoms with van der Waals surface area (Å²) in [6.07, 6.45) is 3.20. The van der Waals surface area contributed by atoms with Gasteiger partial charge in [-0.15, -0.1) is 10.2 Å². The summed E-state index contributed by atoms with van der Waals surface area (Å²) in [6.45, 7) is 6.92. The van der Waals surface area contributed by atoms with E-state index in [2.05, 4.69) is 47.6 Å². The number of likely N-dealkylation sites (tertiary alicyclic amines) is 1. The number of hydrogen-bond acceptors (Lipinski definition) is 4. The molecule has 5 nitrogen and oxygen atoms in total. The minimum atomic E-state index is -0.0771. The molecule has 3 rings (SSSR count). The second-order valence-corrected chi connectivity index (χ2v) is 7.23. The van der Waals surface area contributed by atoms with E-state index in [4.69, 9.17) is 0 Å². The van der Waals surface area contributed by atoms with E-state index in [-0.39, 0.29) is 12.1 Å². The highest BCUT2D eigenvalue weighted by Gasteiger charge is 2.29. The van der Waals surface area contributed by atoms with Gasteiger partial charge in [0.2, 0.25) is 5.13 Å². The average Bonchev–Trinajstić information content (AvgIpc) is 2.95. The second-order valence-electron chi connectivity index (χ2n) is 6.05. The smallest absolute Gasteiger partial charge is 0.317 e. The van der Waals surface area contributed by atoms with E-state index in [0.717, 1.165) is 30.8 Å². The molecule has 1 aliphatic heterocycles. The first-order chi connectivity index (χ1) is 11.1. The number of urea groups is 1. The molecule has 0 bridgehead atoms. The topological polar surface area (TPSA) is 58.1 Å². The van der Waals surface area contributed by atoms with E-state index < -0.39 is 0 Å². The molecule has 1 N–H and O–H groups in total. The molecule has 1 aliphatic rings. The third kappa shape index (κ3) is 3.37. The standard InChI is InChI=1S/C17H22N4OS/c1-11-7-6-8-14(12(11)2)15-9-4-5-10-21(15)17(22)18-16-20-19-13(3)23-16/h6-8,15H,4-5,9-10H2,1-3H3,(H,18,20,22). The van der Waals surface area contributed by atoms with Crippen molar-refractivity contribution in [3.8, 4) is 0 Å². The first-order valence-corrected chi connectivity index (χ1v) is 8.82. The number of piperidine rings is 1. The lowest BCUT2D eigenvalue weighted by atomic mass is 9.91. The van der Waals surface area contributed by atoms with Gasteiger partial charge in [0.25, 0.3) is 0 Å². The van der Waals surface area contributed by atoms with E-state index in [0.29, 0.717) is 5.13 Å². The third-order valence-electron chi connectivity index (χ3n) is 4.51.